The van der Waals surface area contributed by atoms with E-state index in [1.165, 1.54) is 12.1 Å². The molecule has 1 aromatic heterocycles. The van der Waals surface area contributed by atoms with Crippen molar-refractivity contribution in [3.8, 4) is 11.3 Å². The maximum atomic E-state index is 13.8. The Balaban J connectivity index is 1.67. The van der Waals surface area contributed by atoms with Crippen LogP contribution in [0.1, 0.15) is 64.7 Å². The molecule has 0 radical (unpaired) electrons. The Bertz CT molecular complexity index is 1430. The number of unbranched alkanes of at least 4 members (excludes halogenated alkanes) is 1. The monoisotopic (exact) mass is 513 g/mol. The van der Waals surface area contributed by atoms with Crippen LogP contribution < -0.4 is 10.2 Å². The zero-order chi connectivity index (χ0) is 27.0. The van der Waals surface area contributed by atoms with Gasteiger partial charge in [-0.2, -0.15) is 0 Å². The lowest BCUT2D eigenvalue weighted by Gasteiger charge is -2.36. The third kappa shape index (κ3) is 4.74. The highest BCUT2D eigenvalue weighted by Crippen LogP contribution is 2.49. The number of fused-ring (bicyclic) bond motifs is 1. The zero-order valence-corrected chi connectivity index (χ0v) is 21.8. The Morgan fingerprint density at radius 3 is 2.55 bits per heavy atom. The molecule has 8 heteroatoms. The quantitative estimate of drug-likeness (QED) is 0.276. The van der Waals surface area contributed by atoms with Gasteiger partial charge in [0, 0.05) is 41.8 Å². The summed E-state index contributed by atoms with van der Waals surface area (Å²) in [6.45, 7) is 6.19. The topological polar surface area (TPSA) is 106 Å². The van der Waals surface area contributed by atoms with Crippen molar-refractivity contribution in [3.05, 3.63) is 87.8 Å². The third-order valence-electron chi connectivity index (χ3n) is 7.17. The van der Waals surface area contributed by atoms with E-state index < -0.39 is 11.0 Å². The van der Waals surface area contributed by atoms with Gasteiger partial charge in [0.05, 0.1) is 16.3 Å². The van der Waals surface area contributed by atoms with Crippen LogP contribution in [0.25, 0.3) is 11.3 Å². The lowest BCUT2D eigenvalue weighted by Crippen LogP contribution is -2.39. The maximum absolute atomic E-state index is 13.8. The minimum absolute atomic E-state index is 0.00936. The first-order chi connectivity index (χ1) is 18.2. The lowest BCUT2D eigenvalue weighted by molar-refractivity contribution is -0.384. The molecular weight excluding hydrogens is 482 g/mol. The molecule has 5 rings (SSSR count). The number of carbonyl (C=O) groups is 2. The average Bonchev–Trinajstić information content (AvgIpc) is 3.31. The minimum atomic E-state index is -0.735. The predicted octanol–water partition coefficient (Wildman–Crippen LogP) is 7.19. The van der Waals surface area contributed by atoms with E-state index in [1.807, 2.05) is 31.2 Å². The second-order valence-electron chi connectivity index (χ2n) is 10.8. The van der Waals surface area contributed by atoms with Crippen molar-refractivity contribution >= 4 is 28.8 Å². The molecule has 0 bridgehead atoms. The molecule has 0 unspecified atom stereocenters. The van der Waals surface area contributed by atoms with Gasteiger partial charge in [-0.15, -0.1) is 0 Å². The summed E-state index contributed by atoms with van der Waals surface area (Å²) >= 11 is 0. The van der Waals surface area contributed by atoms with Crippen LogP contribution >= 0.6 is 0 Å². The number of hydrogen-bond donors (Lipinski definition) is 1. The number of para-hydroxylation sites is 2. The van der Waals surface area contributed by atoms with Gasteiger partial charge in [0.1, 0.15) is 17.6 Å². The van der Waals surface area contributed by atoms with Crippen molar-refractivity contribution < 1.29 is 18.9 Å². The number of benzene rings is 2. The van der Waals surface area contributed by atoms with E-state index >= 15 is 0 Å². The minimum Gasteiger partial charge on any atom is -0.459 e. The van der Waals surface area contributed by atoms with Crippen LogP contribution in [0.5, 0.6) is 0 Å². The summed E-state index contributed by atoms with van der Waals surface area (Å²) in [4.78, 5) is 39.9. The normalized spacial score (nSPS) is 18.3. The van der Waals surface area contributed by atoms with Crippen molar-refractivity contribution in [3.63, 3.8) is 0 Å². The molecule has 1 atom stereocenters. The van der Waals surface area contributed by atoms with E-state index in [0.29, 0.717) is 47.6 Å². The summed E-state index contributed by atoms with van der Waals surface area (Å²) < 4.78 is 6.34. The largest absolute Gasteiger partial charge is 0.459 e. The van der Waals surface area contributed by atoms with Crippen LogP contribution in [0.4, 0.5) is 17.1 Å². The average molecular weight is 514 g/mol. The third-order valence-corrected chi connectivity index (χ3v) is 7.17. The van der Waals surface area contributed by atoms with E-state index in [-0.39, 0.29) is 22.8 Å². The fourth-order valence-corrected chi connectivity index (χ4v) is 5.38. The molecule has 2 aliphatic rings. The van der Waals surface area contributed by atoms with Crippen molar-refractivity contribution in [2.75, 3.05) is 10.2 Å². The number of ketones is 1. The van der Waals surface area contributed by atoms with Crippen LogP contribution in [-0.2, 0) is 9.59 Å². The van der Waals surface area contributed by atoms with Crippen molar-refractivity contribution in [2.24, 2.45) is 5.41 Å². The Labute approximate surface area is 221 Å². The Kier molecular flexibility index (Phi) is 6.65. The number of hydrogen-bond acceptors (Lipinski definition) is 6. The first kappa shape index (κ1) is 25.4. The molecule has 3 aromatic rings. The number of nitrogens with zero attached hydrogens (tertiary/aromatic N) is 2. The van der Waals surface area contributed by atoms with Gasteiger partial charge in [-0.05, 0) is 54.7 Å². The summed E-state index contributed by atoms with van der Waals surface area (Å²) in [5.41, 5.74) is 3.27. The predicted molar refractivity (Wildman–Crippen MR) is 146 cm³/mol. The van der Waals surface area contributed by atoms with E-state index in [4.69, 9.17) is 4.42 Å². The molecule has 0 saturated carbocycles. The Morgan fingerprint density at radius 1 is 1.11 bits per heavy atom. The van der Waals surface area contributed by atoms with Gasteiger partial charge in [0.2, 0.25) is 5.91 Å². The molecule has 2 heterocycles. The number of nitrogens with one attached hydrogen (secondary N) is 1. The van der Waals surface area contributed by atoms with Gasteiger partial charge < -0.3 is 9.73 Å². The van der Waals surface area contributed by atoms with Crippen molar-refractivity contribution in [2.45, 2.75) is 58.9 Å². The standard InChI is InChI=1S/C30H31N3O5/c1-4-5-10-27(35)32-23-9-7-6-8-21(23)31-22-17-30(2,3)18-24(34)28(22)29(32)26-16-15-25(38-26)19-11-13-20(14-12-19)33(36)37/h6-9,11-16,29,31H,4-5,10,17-18H2,1-3H3/t29-/m1/s1. The maximum Gasteiger partial charge on any atom is 0.269 e. The van der Waals surface area contributed by atoms with E-state index in [2.05, 4.69) is 19.2 Å². The van der Waals surface area contributed by atoms with Gasteiger partial charge in [-0.1, -0.05) is 39.3 Å². The molecule has 1 N–H and O–H groups in total. The highest BCUT2D eigenvalue weighted by molar-refractivity contribution is 6.06. The first-order valence-electron chi connectivity index (χ1n) is 13.0. The second kappa shape index (κ2) is 9.93. The fourth-order valence-electron chi connectivity index (χ4n) is 5.38. The Morgan fingerprint density at radius 2 is 1.84 bits per heavy atom. The van der Waals surface area contributed by atoms with Crippen molar-refractivity contribution in [1.82, 2.24) is 0 Å². The summed E-state index contributed by atoms with van der Waals surface area (Å²) in [5, 5.41) is 14.6. The highest BCUT2D eigenvalue weighted by Gasteiger charge is 2.44. The number of carbonyl (C=O) groups excluding carboxylic acids is 2. The molecule has 1 aliphatic heterocycles. The number of anilines is 2. The van der Waals surface area contributed by atoms with Crippen molar-refractivity contribution in [1.29, 1.82) is 0 Å². The van der Waals surface area contributed by atoms with Gasteiger partial charge in [-0.3, -0.25) is 24.6 Å². The highest BCUT2D eigenvalue weighted by atomic mass is 16.6. The molecule has 0 fully saturated rings. The number of rotatable bonds is 6. The number of non-ortho nitro benzene ring substituents is 1. The molecule has 1 aliphatic carbocycles. The summed E-state index contributed by atoms with van der Waals surface area (Å²) in [7, 11) is 0. The van der Waals surface area contributed by atoms with Crippen LogP contribution in [0, 0.1) is 15.5 Å². The summed E-state index contributed by atoms with van der Waals surface area (Å²) in [6, 6.07) is 16.6. The molecule has 0 spiro atoms. The van der Waals surface area contributed by atoms with Gasteiger partial charge in [0.15, 0.2) is 5.78 Å². The number of nitro groups is 1. The SMILES string of the molecule is CCCCC(=O)N1c2ccccc2NC2=C(C(=O)CC(C)(C)C2)[C@H]1c1ccc(-c2ccc([N+](=O)[O-])cc2)o1. The molecule has 196 valence electrons. The van der Waals surface area contributed by atoms with Gasteiger partial charge >= 0.3 is 0 Å². The van der Waals surface area contributed by atoms with Crippen LogP contribution in [0.2, 0.25) is 0 Å². The number of Topliss-reactive ketones (excluding diaryl/α,β-unsaturated/α-hetero) is 1. The molecule has 2 aromatic carbocycles. The van der Waals surface area contributed by atoms with E-state index in [9.17, 15) is 19.7 Å². The van der Waals surface area contributed by atoms with E-state index in [1.54, 1.807) is 29.2 Å². The van der Waals surface area contributed by atoms with Gasteiger partial charge in [-0.25, -0.2) is 0 Å². The van der Waals surface area contributed by atoms with Gasteiger partial charge in [0.25, 0.3) is 5.69 Å². The number of amides is 1. The molecule has 1 amide bonds. The van der Waals surface area contributed by atoms with Crippen LogP contribution in [0.3, 0.4) is 0 Å². The Hall–Kier alpha value is -4.20. The summed E-state index contributed by atoms with van der Waals surface area (Å²) in [6.07, 6.45) is 2.98. The first-order valence-corrected chi connectivity index (χ1v) is 13.0. The molecule has 38 heavy (non-hydrogen) atoms. The molecule has 0 saturated heterocycles. The van der Waals surface area contributed by atoms with E-state index in [0.717, 1.165) is 24.2 Å². The number of nitro benzene ring substituents is 1. The number of allylic oxidation sites excluding steroid dienone is 1. The fraction of sp³-hybridized carbons (Fsp3) is 0.333. The smallest absolute Gasteiger partial charge is 0.269 e. The molecule has 8 nitrogen and oxygen atoms in total. The second-order valence-corrected chi connectivity index (χ2v) is 10.8. The van der Waals surface area contributed by atoms with Crippen LogP contribution in [-0.4, -0.2) is 16.6 Å². The lowest BCUT2D eigenvalue weighted by atomic mass is 9.74. The summed E-state index contributed by atoms with van der Waals surface area (Å²) in [5.74, 6) is 0.892. The zero-order valence-electron chi connectivity index (χ0n) is 21.8. The number of furan rings is 1. The molecular formula is C30H31N3O5. The van der Waals surface area contributed by atoms with Crippen LogP contribution in [0.15, 0.2) is 76.4 Å².